The van der Waals surface area contributed by atoms with E-state index >= 15 is 0 Å². The van der Waals surface area contributed by atoms with E-state index in [-0.39, 0.29) is 11.9 Å². The summed E-state index contributed by atoms with van der Waals surface area (Å²) in [6.07, 6.45) is 4.14. The van der Waals surface area contributed by atoms with Gasteiger partial charge in [-0.15, -0.1) is 0 Å². The molecule has 5 heteroatoms. The largest absolute Gasteiger partial charge is 0.348 e. The second kappa shape index (κ2) is 5.65. The highest BCUT2D eigenvalue weighted by Gasteiger charge is 2.14. The van der Waals surface area contributed by atoms with E-state index < -0.39 is 0 Å². The van der Waals surface area contributed by atoms with Gasteiger partial charge in [0, 0.05) is 25.8 Å². The van der Waals surface area contributed by atoms with Crippen molar-refractivity contribution in [2.24, 2.45) is 18.7 Å². The third kappa shape index (κ3) is 3.66. The van der Waals surface area contributed by atoms with E-state index in [2.05, 4.69) is 24.3 Å². The topological polar surface area (TPSA) is 72.9 Å². The average molecular weight is 224 g/mol. The summed E-state index contributed by atoms with van der Waals surface area (Å²) < 4.78 is 1.61. The summed E-state index contributed by atoms with van der Waals surface area (Å²) in [5, 5.41) is 6.87. The smallest absolute Gasteiger partial charge is 0.254 e. The van der Waals surface area contributed by atoms with Gasteiger partial charge in [0.15, 0.2) is 0 Å². The highest BCUT2D eigenvalue weighted by atomic mass is 16.1. The molecule has 0 radical (unpaired) electrons. The molecule has 1 rings (SSSR count). The first kappa shape index (κ1) is 12.7. The lowest BCUT2D eigenvalue weighted by atomic mass is 10.0. The van der Waals surface area contributed by atoms with Gasteiger partial charge in [0.1, 0.15) is 0 Å². The molecule has 0 fully saturated rings. The minimum Gasteiger partial charge on any atom is -0.348 e. The van der Waals surface area contributed by atoms with Crippen LogP contribution in [0.5, 0.6) is 0 Å². The zero-order chi connectivity index (χ0) is 12.1. The van der Waals surface area contributed by atoms with Crippen molar-refractivity contribution in [2.75, 3.05) is 6.54 Å². The van der Waals surface area contributed by atoms with Gasteiger partial charge in [0.2, 0.25) is 0 Å². The van der Waals surface area contributed by atoms with Crippen molar-refractivity contribution in [2.45, 2.75) is 26.3 Å². The van der Waals surface area contributed by atoms with E-state index in [0.717, 1.165) is 6.42 Å². The lowest BCUT2D eigenvalue weighted by molar-refractivity contribution is 0.0933. The van der Waals surface area contributed by atoms with E-state index in [1.165, 1.54) is 0 Å². The van der Waals surface area contributed by atoms with Gasteiger partial charge >= 0.3 is 0 Å². The third-order valence-corrected chi connectivity index (χ3v) is 2.34. The fourth-order valence-corrected chi connectivity index (χ4v) is 1.59. The molecular weight excluding hydrogens is 204 g/mol. The van der Waals surface area contributed by atoms with Crippen LogP contribution in [0, 0.1) is 5.92 Å². The van der Waals surface area contributed by atoms with Crippen molar-refractivity contribution in [1.29, 1.82) is 0 Å². The number of aryl methyl sites for hydroxylation is 1. The molecule has 1 aromatic heterocycles. The Morgan fingerprint density at radius 3 is 2.75 bits per heavy atom. The fourth-order valence-electron chi connectivity index (χ4n) is 1.59. The van der Waals surface area contributed by atoms with Crippen molar-refractivity contribution in [3.63, 3.8) is 0 Å². The normalized spacial score (nSPS) is 12.8. The molecule has 5 nitrogen and oxygen atoms in total. The predicted molar refractivity (Wildman–Crippen MR) is 63.0 cm³/mol. The van der Waals surface area contributed by atoms with Crippen molar-refractivity contribution in [3.8, 4) is 0 Å². The van der Waals surface area contributed by atoms with Crippen molar-refractivity contribution < 1.29 is 4.79 Å². The van der Waals surface area contributed by atoms with Crippen LogP contribution in [-0.4, -0.2) is 28.3 Å². The van der Waals surface area contributed by atoms with E-state index in [1.807, 2.05) is 0 Å². The SMILES string of the molecule is CC(C)CC(CN)NC(=O)c1cnn(C)c1. The number of nitrogens with one attached hydrogen (secondary N) is 1. The second-order valence-electron chi connectivity index (χ2n) is 4.44. The van der Waals surface area contributed by atoms with Gasteiger partial charge in [-0.05, 0) is 12.3 Å². The summed E-state index contributed by atoms with van der Waals surface area (Å²) in [6, 6.07) is 0.0349. The van der Waals surface area contributed by atoms with Gasteiger partial charge in [-0.25, -0.2) is 0 Å². The Labute approximate surface area is 96.0 Å². The van der Waals surface area contributed by atoms with Crippen LogP contribution in [-0.2, 0) is 7.05 Å². The molecule has 1 aromatic rings. The molecular formula is C11H20N4O. The number of nitrogens with zero attached hydrogens (tertiary/aromatic N) is 2. The third-order valence-electron chi connectivity index (χ3n) is 2.34. The number of rotatable bonds is 5. The van der Waals surface area contributed by atoms with Gasteiger partial charge in [-0.3, -0.25) is 9.48 Å². The molecule has 3 N–H and O–H groups in total. The first-order valence-corrected chi connectivity index (χ1v) is 5.52. The first-order valence-electron chi connectivity index (χ1n) is 5.52. The number of carbonyl (C=O) groups is 1. The van der Waals surface area contributed by atoms with Crippen molar-refractivity contribution in [3.05, 3.63) is 18.0 Å². The van der Waals surface area contributed by atoms with Crippen LogP contribution in [0.1, 0.15) is 30.6 Å². The molecule has 0 aromatic carbocycles. The number of hydrogen-bond acceptors (Lipinski definition) is 3. The predicted octanol–water partition coefficient (Wildman–Crippen LogP) is 0.523. The van der Waals surface area contributed by atoms with Crippen LogP contribution >= 0.6 is 0 Å². The summed E-state index contributed by atoms with van der Waals surface area (Å²) in [4.78, 5) is 11.8. The molecule has 0 saturated heterocycles. The maximum Gasteiger partial charge on any atom is 0.254 e. The van der Waals surface area contributed by atoms with Crippen molar-refractivity contribution in [1.82, 2.24) is 15.1 Å². The minimum absolute atomic E-state index is 0.0349. The van der Waals surface area contributed by atoms with Gasteiger partial charge in [-0.2, -0.15) is 5.10 Å². The summed E-state index contributed by atoms with van der Waals surface area (Å²) in [5.74, 6) is 0.409. The molecule has 1 atom stereocenters. The Kier molecular flexibility index (Phi) is 4.49. The fraction of sp³-hybridized carbons (Fsp3) is 0.636. The van der Waals surface area contributed by atoms with E-state index in [9.17, 15) is 4.79 Å². The summed E-state index contributed by atoms with van der Waals surface area (Å²) >= 11 is 0. The highest BCUT2D eigenvalue weighted by molar-refractivity contribution is 5.93. The second-order valence-corrected chi connectivity index (χ2v) is 4.44. The molecule has 0 bridgehead atoms. The van der Waals surface area contributed by atoms with Gasteiger partial charge in [0.25, 0.3) is 5.91 Å². The summed E-state index contributed by atoms with van der Waals surface area (Å²) in [5.41, 5.74) is 6.19. The molecule has 1 amide bonds. The van der Waals surface area contributed by atoms with Crippen molar-refractivity contribution >= 4 is 5.91 Å². The Morgan fingerprint density at radius 2 is 2.31 bits per heavy atom. The number of amides is 1. The Bertz CT molecular complexity index is 346. The zero-order valence-corrected chi connectivity index (χ0v) is 10.1. The quantitative estimate of drug-likeness (QED) is 0.766. The molecule has 0 aliphatic heterocycles. The minimum atomic E-state index is -0.107. The van der Waals surface area contributed by atoms with E-state index in [4.69, 9.17) is 5.73 Å². The molecule has 90 valence electrons. The van der Waals surface area contributed by atoms with Crippen LogP contribution in [0.15, 0.2) is 12.4 Å². The number of nitrogens with two attached hydrogens (primary N) is 1. The van der Waals surface area contributed by atoms with Crippen LogP contribution < -0.4 is 11.1 Å². The summed E-state index contributed by atoms with van der Waals surface area (Å²) in [7, 11) is 1.78. The molecule has 0 aliphatic carbocycles. The number of aromatic nitrogens is 2. The van der Waals surface area contributed by atoms with Crippen LogP contribution in [0.3, 0.4) is 0 Å². The molecule has 0 saturated carbocycles. The molecule has 1 heterocycles. The van der Waals surface area contributed by atoms with Crippen LogP contribution in [0.2, 0.25) is 0 Å². The van der Waals surface area contributed by atoms with Crippen LogP contribution in [0.25, 0.3) is 0 Å². The lowest BCUT2D eigenvalue weighted by Crippen LogP contribution is -2.40. The molecule has 1 unspecified atom stereocenters. The maximum atomic E-state index is 11.8. The maximum absolute atomic E-state index is 11.8. The Balaban J connectivity index is 2.55. The van der Waals surface area contributed by atoms with Gasteiger partial charge in [0.05, 0.1) is 11.8 Å². The Hall–Kier alpha value is -1.36. The molecule has 0 aliphatic rings. The van der Waals surface area contributed by atoms with Crippen LogP contribution in [0.4, 0.5) is 0 Å². The van der Waals surface area contributed by atoms with Gasteiger partial charge in [-0.1, -0.05) is 13.8 Å². The molecule has 16 heavy (non-hydrogen) atoms. The monoisotopic (exact) mass is 224 g/mol. The summed E-state index contributed by atoms with van der Waals surface area (Å²) in [6.45, 7) is 4.68. The number of carbonyl (C=O) groups excluding carboxylic acids is 1. The number of hydrogen-bond donors (Lipinski definition) is 2. The van der Waals surface area contributed by atoms with E-state index in [1.54, 1.807) is 24.1 Å². The lowest BCUT2D eigenvalue weighted by Gasteiger charge is -2.18. The van der Waals surface area contributed by atoms with E-state index in [0.29, 0.717) is 18.0 Å². The average Bonchev–Trinajstić information content (AvgIpc) is 2.63. The first-order chi connectivity index (χ1) is 7.52. The highest BCUT2D eigenvalue weighted by Crippen LogP contribution is 2.05. The standard InChI is InChI=1S/C11H20N4O/c1-8(2)4-10(5-12)14-11(16)9-6-13-15(3)7-9/h6-8,10H,4-5,12H2,1-3H3,(H,14,16). The van der Waals surface area contributed by atoms with Gasteiger partial charge < -0.3 is 11.1 Å². The molecule has 0 spiro atoms. The Morgan fingerprint density at radius 1 is 1.62 bits per heavy atom. The zero-order valence-electron chi connectivity index (χ0n) is 10.1.